The third-order valence-corrected chi connectivity index (χ3v) is 21.5. The van der Waals surface area contributed by atoms with E-state index in [1.54, 1.807) is 0 Å². The van der Waals surface area contributed by atoms with Gasteiger partial charge in [0.15, 0.2) is 0 Å². The number of hydrogen-bond donors (Lipinski definition) is 0. The average molecular weight is 1140 g/mol. The number of rotatable bonds is 4. The molecule has 3 nitrogen and oxygen atoms in total. The number of benzene rings is 13. The van der Waals surface area contributed by atoms with Gasteiger partial charge in [0.1, 0.15) is 22.3 Å². The lowest BCUT2D eigenvalue weighted by molar-refractivity contribution is 0.657. The minimum atomic E-state index is -0.667. The van der Waals surface area contributed by atoms with Crippen molar-refractivity contribution < 1.29 is 8.83 Å². The molecule has 0 N–H and O–H groups in total. The molecule has 0 aliphatic heterocycles. The quantitative estimate of drug-likeness (QED) is 0.176. The Hall–Kier alpha value is -10.7. The number of para-hydroxylation sites is 2. The molecule has 13 aromatic carbocycles. The Morgan fingerprint density at radius 3 is 1.43 bits per heavy atom. The van der Waals surface area contributed by atoms with Gasteiger partial charge in [0.2, 0.25) is 0 Å². The molecule has 0 saturated carbocycles. The van der Waals surface area contributed by atoms with Gasteiger partial charge in [-0.2, -0.15) is 0 Å². The Kier molecular flexibility index (Phi) is 9.47. The number of fused-ring (bicyclic) bond motifs is 31. The number of anilines is 3. The first-order valence-corrected chi connectivity index (χ1v) is 31.4. The van der Waals surface area contributed by atoms with Crippen LogP contribution in [0.3, 0.4) is 0 Å². The lowest BCUT2D eigenvalue weighted by Crippen LogP contribution is -2.27. The van der Waals surface area contributed by atoms with Crippen LogP contribution in [0.2, 0.25) is 0 Å². The van der Waals surface area contributed by atoms with Gasteiger partial charge in [-0.15, -0.1) is 0 Å². The SMILES string of the molecule is Cc1ccc(-c2cc3c(c4c2oc2ccccc24)-c2ccc(N(c4ccc5c(c4)C4(c6ccccc6-c6ccccc64)c4cc6c(cc4-5)C4(c5ccccc5-c5ccccc54)c4ccc5oc7ccccc7c5c4-6)c4ccc(C)cc4C)cc2C3(C)C)cc1. The van der Waals surface area contributed by atoms with E-state index in [-0.39, 0.29) is 5.41 Å². The second kappa shape index (κ2) is 17.1. The Balaban J connectivity index is 0.855. The van der Waals surface area contributed by atoms with Crippen LogP contribution in [0.5, 0.6) is 0 Å². The molecule has 0 fully saturated rings. The van der Waals surface area contributed by atoms with E-state index in [9.17, 15) is 0 Å². The standard InChI is InChI=1S/C86H57NO2/c1-48-30-33-51(34-31-48)62-45-74-79(82-61-23-11-17-29-77(61)89-83(62)82)59-38-36-52(43-70(59)84(74,4)5)87(75-40-32-49(2)42-50(75)3)53-35-37-58-63-46-73-64(47-72(63)86(71(58)44-53)67-26-14-8-20-56(67)57-21-9-15-27-68(57)86)80-69(39-41-78-81(80)60-22-10-16-28-76(60)88-78)85(73)65-24-12-6-18-54(65)55-19-7-13-25-66(55)85/h6-47H,1-5H3. The summed E-state index contributed by atoms with van der Waals surface area (Å²) in [5.41, 5.74) is 37.3. The molecule has 0 unspecified atom stereocenters. The van der Waals surface area contributed by atoms with Crippen molar-refractivity contribution in [3.63, 3.8) is 0 Å². The number of aryl methyl sites for hydroxylation is 3. The summed E-state index contributed by atoms with van der Waals surface area (Å²) in [5, 5.41) is 4.65. The first-order valence-electron chi connectivity index (χ1n) is 31.4. The fourth-order valence-electron chi connectivity index (χ4n) is 17.9. The maximum Gasteiger partial charge on any atom is 0.143 e. The molecule has 5 aliphatic carbocycles. The minimum absolute atomic E-state index is 0.355. The van der Waals surface area contributed by atoms with Crippen molar-refractivity contribution in [3.05, 3.63) is 327 Å². The van der Waals surface area contributed by atoms with E-state index in [4.69, 9.17) is 8.83 Å². The minimum Gasteiger partial charge on any atom is -0.456 e. The van der Waals surface area contributed by atoms with Crippen LogP contribution in [0.15, 0.2) is 264 Å². The Bertz CT molecular complexity index is 5610. The Labute approximate surface area is 516 Å². The van der Waals surface area contributed by atoms with Gasteiger partial charge in [-0.05, 0) is 210 Å². The van der Waals surface area contributed by atoms with Crippen molar-refractivity contribution in [2.45, 2.75) is 50.9 Å². The van der Waals surface area contributed by atoms with Gasteiger partial charge >= 0.3 is 0 Å². The smallest absolute Gasteiger partial charge is 0.143 e. The second-order valence-corrected chi connectivity index (χ2v) is 26.3. The van der Waals surface area contributed by atoms with Gasteiger partial charge in [-0.1, -0.05) is 213 Å². The van der Waals surface area contributed by atoms with E-state index in [1.165, 1.54) is 139 Å². The van der Waals surface area contributed by atoms with Gasteiger partial charge in [0, 0.05) is 49.6 Å². The fraction of sp³-hybridized carbons (Fsp3) is 0.0930. The normalized spacial score (nSPS) is 14.8. The molecule has 0 radical (unpaired) electrons. The number of furan rings is 2. The summed E-state index contributed by atoms with van der Waals surface area (Å²) in [6.45, 7) is 11.5. The van der Waals surface area contributed by atoms with Crippen LogP contribution < -0.4 is 4.90 Å². The molecule has 0 atom stereocenters. The monoisotopic (exact) mass is 1140 g/mol. The zero-order chi connectivity index (χ0) is 59.0. The van der Waals surface area contributed by atoms with E-state index in [0.717, 1.165) is 61.3 Å². The number of nitrogens with zero attached hydrogens (tertiary/aromatic N) is 1. The van der Waals surface area contributed by atoms with Gasteiger partial charge in [0.25, 0.3) is 0 Å². The molecule has 418 valence electrons. The van der Waals surface area contributed by atoms with Gasteiger partial charge in [-0.25, -0.2) is 0 Å². The molecule has 0 amide bonds. The zero-order valence-corrected chi connectivity index (χ0v) is 50.0. The maximum absolute atomic E-state index is 6.93. The summed E-state index contributed by atoms with van der Waals surface area (Å²) in [4.78, 5) is 2.55. The van der Waals surface area contributed by atoms with Crippen molar-refractivity contribution in [1.29, 1.82) is 0 Å². The van der Waals surface area contributed by atoms with E-state index in [1.807, 2.05) is 0 Å². The second-order valence-electron chi connectivity index (χ2n) is 26.3. The topological polar surface area (TPSA) is 29.5 Å². The number of hydrogen-bond acceptors (Lipinski definition) is 3. The van der Waals surface area contributed by atoms with Crippen molar-refractivity contribution >= 4 is 60.9 Å². The highest BCUT2D eigenvalue weighted by atomic mass is 16.3. The Morgan fingerprint density at radius 1 is 0.303 bits per heavy atom. The summed E-state index contributed by atoms with van der Waals surface area (Å²) < 4.78 is 13.8. The first kappa shape index (κ1) is 49.4. The molecule has 2 spiro atoms. The van der Waals surface area contributed by atoms with Crippen LogP contribution in [-0.4, -0.2) is 0 Å². The lowest BCUT2D eigenvalue weighted by atomic mass is 9.68. The van der Waals surface area contributed by atoms with E-state index < -0.39 is 10.8 Å². The van der Waals surface area contributed by atoms with E-state index >= 15 is 0 Å². The van der Waals surface area contributed by atoms with Crippen LogP contribution in [0.1, 0.15) is 86.2 Å². The molecule has 15 aromatic rings. The predicted octanol–water partition coefficient (Wildman–Crippen LogP) is 22.5. The van der Waals surface area contributed by atoms with Crippen molar-refractivity contribution in [3.8, 4) is 66.8 Å². The van der Waals surface area contributed by atoms with E-state index in [2.05, 4.69) is 294 Å². The Morgan fingerprint density at radius 2 is 0.787 bits per heavy atom. The van der Waals surface area contributed by atoms with Crippen molar-refractivity contribution in [2.75, 3.05) is 4.90 Å². The molecule has 0 bridgehead atoms. The summed E-state index contributed by atoms with van der Waals surface area (Å²) >= 11 is 0. The first-order chi connectivity index (χ1) is 43.6. The van der Waals surface area contributed by atoms with Crippen LogP contribution in [0.25, 0.3) is 111 Å². The highest BCUT2D eigenvalue weighted by Gasteiger charge is 2.57. The average Bonchev–Trinajstić information content (AvgIpc) is 1.49. The van der Waals surface area contributed by atoms with E-state index in [0.29, 0.717) is 0 Å². The molecule has 89 heavy (non-hydrogen) atoms. The van der Waals surface area contributed by atoms with Crippen molar-refractivity contribution in [1.82, 2.24) is 0 Å². The summed E-state index contributed by atoms with van der Waals surface area (Å²) in [6, 6.07) is 97.0. The van der Waals surface area contributed by atoms with Crippen LogP contribution >= 0.6 is 0 Å². The van der Waals surface area contributed by atoms with Crippen molar-refractivity contribution in [2.24, 2.45) is 0 Å². The highest BCUT2D eigenvalue weighted by molar-refractivity contribution is 6.20. The van der Waals surface area contributed by atoms with Gasteiger partial charge < -0.3 is 13.7 Å². The molecular weight excluding hydrogens is 1080 g/mol. The highest BCUT2D eigenvalue weighted by Crippen LogP contribution is 2.70. The van der Waals surface area contributed by atoms with Crippen LogP contribution in [-0.2, 0) is 16.2 Å². The van der Waals surface area contributed by atoms with Gasteiger partial charge in [0.05, 0.1) is 10.8 Å². The van der Waals surface area contributed by atoms with Crippen LogP contribution in [0.4, 0.5) is 17.1 Å². The third kappa shape index (κ3) is 6.04. The van der Waals surface area contributed by atoms with Gasteiger partial charge in [-0.3, -0.25) is 0 Å². The largest absolute Gasteiger partial charge is 0.456 e. The predicted molar refractivity (Wildman–Crippen MR) is 365 cm³/mol. The van der Waals surface area contributed by atoms with Crippen LogP contribution in [0, 0.1) is 20.8 Å². The molecule has 20 rings (SSSR count). The molecule has 3 heteroatoms. The lowest BCUT2D eigenvalue weighted by Gasteiger charge is -2.33. The molecule has 2 aromatic heterocycles. The molecular formula is C86H57NO2. The molecule has 5 aliphatic rings. The summed E-state index contributed by atoms with van der Waals surface area (Å²) in [7, 11) is 0. The molecule has 0 saturated heterocycles. The fourth-order valence-corrected chi connectivity index (χ4v) is 17.9. The molecule has 2 heterocycles. The maximum atomic E-state index is 6.93. The third-order valence-electron chi connectivity index (χ3n) is 21.5. The summed E-state index contributed by atoms with van der Waals surface area (Å²) in [5.74, 6) is 0. The zero-order valence-electron chi connectivity index (χ0n) is 50.0. The summed E-state index contributed by atoms with van der Waals surface area (Å²) in [6.07, 6.45) is 0.